The predicted octanol–water partition coefficient (Wildman–Crippen LogP) is 1.61. The molecular formula is C15H21N3O. The Hall–Kier alpha value is -1.65. The Morgan fingerprint density at radius 1 is 1.26 bits per heavy atom. The zero-order valence-corrected chi connectivity index (χ0v) is 11.7. The van der Waals surface area contributed by atoms with Crippen molar-refractivity contribution in [1.82, 2.24) is 14.9 Å². The number of aliphatic hydroxyl groups is 1. The number of benzene rings is 1. The van der Waals surface area contributed by atoms with Gasteiger partial charge in [0.25, 0.3) is 0 Å². The number of aryl methyl sites for hydroxylation is 1. The van der Waals surface area contributed by atoms with Crippen LogP contribution in [0.25, 0.3) is 0 Å². The molecule has 2 N–H and O–H groups in total. The molecule has 1 aromatic carbocycles. The van der Waals surface area contributed by atoms with Crippen molar-refractivity contribution < 1.29 is 5.11 Å². The van der Waals surface area contributed by atoms with Crippen LogP contribution in [0.15, 0.2) is 36.7 Å². The van der Waals surface area contributed by atoms with Gasteiger partial charge in [-0.15, -0.1) is 0 Å². The zero-order chi connectivity index (χ0) is 13.9. The SMILES string of the molecule is CNC(CO)(Cn1cnc(C)c1C)c1ccccc1. The molecule has 2 rings (SSSR count). The molecule has 1 atom stereocenters. The summed E-state index contributed by atoms with van der Waals surface area (Å²) in [6.07, 6.45) is 1.83. The summed E-state index contributed by atoms with van der Waals surface area (Å²) in [7, 11) is 1.88. The summed E-state index contributed by atoms with van der Waals surface area (Å²) in [6, 6.07) is 10.0. The van der Waals surface area contributed by atoms with Crippen LogP contribution in [-0.2, 0) is 12.1 Å². The average molecular weight is 259 g/mol. The molecule has 1 aromatic heterocycles. The van der Waals surface area contributed by atoms with E-state index in [1.165, 1.54) is 0 Å². The molecular weight excluding hydrogens is 238 g/mol. The van der Waals surface area contributed by atoms with E-state index in [0.29, 0.717) is 6.54 Å². The highest BCUT2D eigenvalue weighted by Gasteiger charge is 2.30. The van der Waals surface area contributed by atoms with Crippen molar-refractivity contribution in [2.24, 2.45) is 0 Å². The van der Waals surface area contributed by atoms with Crippen molar-refractivity contribution in [2.45, 2.75) is 25.9 Å². The number of hydrogen-bond donors (Lipinski definition) is 2. The first-order valence-corrected chi connectivity index (χ1v) is 6.46. The number of imidazole rings is 1. The summed E-state index contributed by atoms with van der Waals surface area (Å²) >= 11 is 0. The summed E-state index contributed by atoms with van der Waals surface area (Å²) in [5, 5.41) is 13.2. The molecule has 0 bridgehead atoms. The van der Waals surface area contributed by atoms with Crippen molar-refractivity contribution in [3.8, 4) is 0 Å². The van der Waals surface area contributed by atoms with Gasteiger partial charge in [-0.1, -0.05) is 30.3 Å². The van der Waals surface area contributed by atoms with Crippen molar-refractivity contribution >= 4 is 0 Å². The van der Waals surface area contributed by atoms with Gasteiger partial charge in [-0.05, 0) is 26.5 Å². The normalized spacial score (nSPS) is 14.3. The molecule has 0 aliphatic rings. The average Bonchev–Trinajstić information content (AvgIpc) is 2.77. The van der Waals surface area contributed by atoms with Gasteiger partial charge in [0.15, 0.2) is 0 Å². The third-order valence-corrected chi connectivity index (χ3v) is 3.86. The van der Waals surface area contributed by atoms with E-state index >= 15 is 0 Å². The number of aliphatic hydroxyl groups excluding tert-OH is 1. The van der Waals surface area contributed by atoms with E-state index in [2.05, 4.69) is 14.9 Å². The lowest BCUT2D eigenvalue weighted by atomic mass is 9.90. The Labute approximate surface area is 114 Å². The van der Waals surface area contributed by atoms with Crippen LogP contribution in [0.1, 0.15) is 17.0 Å². The number of nitrogens with zero attached hydrogens (tertiary/aromatic N) is 2. The molecule has 1 heterocycles. The second kappa shape index (κ2) is 5.55. The van der Waals surface area contributed by atoms with E-state index in [-0.39, 0.29) is 6.61 Å². The standard InChI is InChI=1S/C15H21N3O/c1-12-13(2)18(11-17-12)9-15(10-19,16-3)14-7-5-4-6-8-14/h4-8,11,16,19H,9-10H2,1-3H3. The second-order valence-corrected chi connectivity index (χ2v) is 4.90. The molecule has 2 aromatic rings. The van der Waals surface area contributed by atoms with Gasteiger partial charge in [-0.25, -0.2) is 4.98 Å². The molecule has 0 saturated carbocycles. The minimum absolute atomic E-state index is 0.0319. The lowest BCUT2D eigenvalue weighted by Crippen LogP contribution is -2.47. The largest absolute Gasteiger partial charge is 0.394 e. The summed E-state index contributed by atoms with van der Waals surface area (Å²) in [4.78, 5) is 4.32. The maximum atomic E-state index is 9.89. The molecule has 102 valence electrons. The molecule has 0 radical (unpaired) electrons. The molecule has 0 amide bonds. The van der Waals surface area contributed by atoms with Crippen molar-refractivity contribution in [3.05, 3.63) is 53.6 Å². The Morgan fingerprint density at radius 2 is 1.95 bits per heavy atom. The first kappa shape index (κ1) is 13.8. The first-order chi connectivity index (χ1) is 9.13. The highest BCUT2D eigenvalue weighted by molar-refractivity contribution is 5.25. The van der Waals surface area contributed by atoms with Gasteiger partial charge in [0.2, 0.25) is 0 Å². The van der Waals surface area contributed by atoms with Crippen LogP contribution in [0.3, 0.4) is 0 Å². The lowest BCUT2D eigenvalue weighted by molar-refractivity contribution is 0.149. The van der Waals surface area contributed by atoms with Crippen LogP contribution in [0.5, 0.6) is 0 Å². The molecule has 0 fully saturated rings. The van der Waals surface area contributed by atoms with E-state index in [1.807, 2.05) is 57.6 Å². The van der Waals surface area contributed by atoms with E-state index in [1.54, 1.807) is 0 Å². The van der Waals surface area contributed by atoms with Gasteiger partial charge in [0.05, 0.1) is 24.2 Å². The Bertz CT molecular complexity index is 530. The Balaban J connectivity index is 2.38. The molecule has 0 aliphatic carbocycles. The number of aromatic nitrogens is 2. The van der Waals surface area contributed by atoms with Gasteiger partial charge in [-0.2, -0.15) is 0 Å². The summed E-state index contributed by atoms with van der Waals surface area (Å²) in [6.45, 7) is 4.72. The summed E-state index contributed by atoms with van der Waals surface area (Å²) in [5.41, 5.74) is 2.74. The van der Waals surface area contributed by atoms with Gasteiger partial charge >= 0.3 is 0 Å². The molecule has 4 nitrogen and oxygen atoms in total. The minimum Gasteiger partial charge on any atom is -0.394 e. The second-order valence-electron chi connectivity index (χ2n) is 4.90. The topological polar surface area (TPSA) is 50.1 Å². The van der Waals surface area contributed by atoms with Crippen LogP contribution >= 0.6 is 0 Å². The van der Waals surface area contributed by atoms with Gasteiger partial charge in [0, 0.05) is 12.2 Å². The molecule has 1 unspecified atom stereocenters. The Kier molecular flexibility index (Phi) is 4.02. The van der Waals surface area contributed by atoms with Crippen molar-refractivity contribution in [3.63, 3.8) is 0 Å². The third-order valence-electron chi connectivity index (χ3n) is 3.86. The zero-order valence-electron chi connectivity index (χ0n) is 11.7. The highest BCUT2D eigenvalue weighted by atomic mass is 16.3. The number of hydrogen-bond acceptors (Lipinski definition) is 3. The maximum Gasteiger partial charge on any atom is 0.0952 e. The van der Waals surface area contributed by atoms with Gasteiger partial charge in [0.1, 0.15) is 0 Å². The van der Waals surface area contributed by atoms with E-state index in [9.17, 15) is 5.11 Å². The molecule has 0 saturated heterocycles. The third kappa shape index (κ3) is 2.55. The van der Waals surface area contributed by atoms with E-state index < -0.39 is 5.54 Å². The predicted molar refractivity (Wildman–Crippen MR) is 76.0 cm³/mol. The van der Waals surface area contributed by atoms with Crippen LogP contribution in [0, 0.1) is 13.8 Å². The monoisotopic (exact) mass is 259 g/mol. The van der Waals surface area contributed by atoms with Crippen LogP contribution in [-0.4, -0.2) is 28.3 Å². The van der Waals surface area contributed by atoms with E-state index in [0.717, 1.165) is 17.0 Å². The summed E-state index contributed by atoms with van der Waals surface area (Å²) < 4.78 is 2.08. The maximum absolute atomic E-state index is 9.89. The van der Waals surface area contributed by atoms with Crippen LogP contribution in [0.2, 0.25) is 0 Å². The summed E-state index contributed by atoms with van der Waals surface area (Å²) in [5.74, 6) is 0. The fourth-order valence-corrected chi connectivity index (χ4v) is 2.29. The van der Waals surface area contributed by atoms with E-state index in [4.69, 9.17) is 0 Å². The van der Waals surface area contributed by atoms with Crippen LogP contribution in [0.4, 0.5) is 0 Å². The fourth-order valence-electron chi connectivity index (χ4n) is 2.29. The smallest absolute Gasteiger partial charge is 0.0952 e. The minimum atomic E-state index is -0.487. The quantitative estimate of drug-likeness (QED) is 0.857. The molecule has 4 heteroatoms. The molecule has 19 heavy (non-hydrogen) atoms. The van der Waals surface area contributed by atoms with Crippen molar-refractivity contribution in [2.75, 3.05) is 13.7 Å². The lowest BCUT2D eigenvalue weighted by Gasteiger charge is -2.33. The van der Waals surface area contributed by atoms with Gasteiger partial charge < -0.3 is 15.0 Å². The van der Waals surface area contributed by atoms with Crippen LogP contribution < -0.4 is 5.32 Å². The number of rotatable bonds is 5. The van der Waals surface area contributed by atoms with Gasteiger partial charge in [-0.3, -0.25) is 0 Å². The number of likely N-dealkylation sites (N-methyl/N-ethyl adjacent to an activating group) is 1. The first-order valence-electron chi connectivity index (χ1n) is 6.46. The molecule has 0 spiro atoms. The molecule has 0 aliphatic heterocycles. The fraction of sp³-hybridized carbons (Fsp3) is 0.400. The number of nitrogens with one attached hydrogen (secondary N) is 1. The van der Waals surface area contributed by atoms with Crippen molar-refractivity contribution in [1.29, 1.82) is 0 Å². The Morgan fingerprint density at radius 3 is 2.42 bits per heavy atom. The highest BCUT2D eigenvalue weighted by Crippen LogP contribution is 2.23.